The van der Waals surface area contributed by atoms with Gasteiger partial charge in [0.25, 0.3) is 0 Å². The van der Waals surface area contributed by atoms with Crippen molar-refractivity contribution < 1.29 is 14.4 Å². The first-order valence-corrected chi connectivity index (χ1v) is 4.87. The van der Waals surface area contributed by atoms with Gasteiger partial charge in [-0.15, -0.1) is 0 Å². The number of amides is 1. The lowest BCUT2D eigenvalue weighted by molar-refractivity contribution is -0.127. The number of carbonyl (C=O) groups is 3. The Balaban J connectivity index is 0. The molecule has 94 valence electrons. The van der Waals surface area contributed by atoms with E-state index in [1.54, 1.807) is 6.92 Å². The van der Waals surface area contributed by atoms with Gasteiger partial charge in [-0.3, -0.25) is 14.4 Å². The van der Waals surface area contributed by atoms with Crippen molar-refractivity contribution >= 4 is 17.5 Å². The van der Waals surface area contributed by atoms with Crippen LogP contribution >= 0.6 is 0 Å². The average molecular weight is 230 g/mol. The van der Waals surface area contributed by atoms with Crippen LogP contribution in [0, 0.1) is 5.92 Å². The Morgan fingerprint density at radius 1 is 1.19 bits per heavy atom. The van der Waals surface area contributed by atoms with Gasteiger partial charge >= 0.3 is 0 Å². The van der Waals surface area contributed by atoms with Gasteiger partial charge < -0.3 is 11.1 Å². The highest BCUT2D eigenvalue weighted by Crippen LogP contribution is 2.02. The van der Waals surface area contributed by atoms with Crippen LogP contribution in [-0.2, 0) is 14.4 Å². The third kappa shape index (κ3) is 7.11. The molecule has 16 heavy (non-hydrogen) atoms. The van der Waals surface area contributed by atoms with E-state index in [1.807, 2.05) is 0 Å². The molecule has 0 aromatic heterocycles. The van der Waals surface area contributed by atoms with Crippen molar-refractivity contribution in [2.24, 2.45) is 11.7 Å². The molecular weight excluding hydrogens is 208 g/mol. The van der Waals surface area contributed by atoms with Gasteiger partial charge in [0.15, 0.2) is 0 Å². The van der Waals surface area contributed by atoms with E-state index in [-0.39, 0.29) is 43.8 Å². The van der Waals surface area contributed by atoms with Crippen molar-refractivity contribution in [3.63, 3.8) is 0 Å². The second-order valence-corrected chi connectivity index (χ2v) is 3.74. The van der Waals surface area contributed by atoms with Gasteiger partial charge in [0, 0.05) is 18.9 Å². The lowest BCUT2D eigenvalue weighted by Crippen LogP contribution is -2.42. The van der Waals surface area contributed by atoms with Gasteiger partial charge in [-0.1, -0.05) is 14.4 Å². The molecule has 0 aromatic carbocycles. The molecule has 0 aromatic rings. The Morgan fingerprint density at radius 2 is 1.69 bits per heavy atom. The maximum atomic E-state index is 11.3. The lowest BCUT2D eigenvalue weighted by Gasteiger charge is -2.11. The Hall–Kier alpha value is -1.23. The number of rotatable bonds is 6. The third-order valence-corrected chi connectivity index (χ3v) is 2.23. The predicted octanol–water partition coefficient (Wildman–Crippen LogP) is 0.270. The number of Topliss-reactive ketones (excluding diaryl/α,β-unsaturated/α-hetero) is 2. The van der Waals surface area contributed by atoms with Crippen LogP contribution in [0.4, 0.5) is 0 Å². The number of ketones is 2. The zero-order valence-electron chi connectivity index (χ0n) is 9.37. The van der Waals surface area contributed by atoms with E-state index in [0.29, 0.717) is 0 Å². The summed E-state index contributed by atoms with van der Waals surface area (Å²) in [5, 5.41) is 2.51. The molecular formula is C11H22N2O3. The van der Waals surface area contributed by atoms with Crippen LogP contribution in [0.2, 0.25) is 0 Å². The minimum Gasteiger partial charge on any atom is -0.354 e. The van der Waals surface area contributed by atoms with Crippen molar-refractivity contribution in [1.82, 2.24) is 5.32 Å². The minimum absolute atomic E-state index is 0. The van der Waals surface area contributed by atoms with Crippen molar-refractivity contribution in [2.45, 2.75) is 40.7 Å². The normalized spacial score (nSPS) is 13.2. The fraction of sp³-hybridized carbons (Fsp3) is 0.727. The molecule has 0 aliphatic carbocycles. The Morgan fingerprint density at radius 3 is 2.06 bits per heavy atom. The Kier molecular flexibility index (Phi) is 8.57. The van der Waals surface area contributed by atoms with E-state index in [1.165, 1.54) is 13.8 Å². The predicted molar refractivity (Wildman–Crippen MR) is 62.9 cm³/mol. The molecule has 0 saturated heterocycles. The molecule has 0 bridgehead atoms. The van der Waals surface area contributed by atoms with E-state index >= 15 is 0 Å². The van der Waals surface area contributed by atoms with Crippen molar-refractivity contribution in [3.05, 3.63) is 0 Å². The average Bonchev–Trinajstić information content (AvgIpc) is 2.13. The standard InChI is InChI=1S/C10H18N2O3.CH4/c1-6(7(2)13)4-10(15)12-5-9(11)8(3)14;/h6,9H,4-5,11H2,1-3H3,(H,12,15);1H4. The fourth-order valence-electron chi connectivity index (χ4n) is 0.862. The SMILES string of the molecule is C.CC(=O)C(C)CC(=O)NCC(N)C(C)=O. The van der Waals surface area contributed by atoms with Crippen LogP contribution < -0.4 is 11.1 Å². The highest BCUT2D eigenvalue weighted by molar-refractivity contribution is 5.86. The van der Waals surface area contributed by atoms with Crippen LogP contribution in [0.1, 0.15) is 34.6 Å². The molecule has 2 atom stereocenters. The molecule has 0 fully saturated rings. The van der Waals surface area contributed by atoms with Gasteiger partial charge in [0.1, 0.15) is 11.6 Å². The molecule has 0 heterocycles. The molecule has 5 nitrogen and oxygen atoms in total. The Labute approximate surface area is 96.8 Å². The second kappa shape index (κ2) is 7.98. The van der Waals surface area contributed by atoms with Gasteiger partial charge in [0.2, 0.25) is 5.91 Å². The molecule has 2 unspecified atom stereocenters. The first kappa shape index (κ1) is 17.2. The minimum atomic E-state index is -0.665. The number of hydrogen-bond acceptors (Lipinski definition) is 4. The largest absolute Gasteiger partial charge is 0.354 e. The van der Waals surface area contributed by atoms with Crippen LogP contribution in [0.5, 0.6) is 0 Å². The van der Waals surface area contributed by atoms with Crippen molar-refractivity contribution in [3.8, 4) is 0 Å². The topological polar surface area (TPSA) is 89.3 Å². The highest BCUT2D eigenvalue weighted by Gasteiger charge is 2.14. The first-order chi connectivity index (χ1) is 6.84. The molecule has 0 rings (SSSR count). The van der Waals surface area contributed by atoms with Gasteiger partial charge in [-0.05, 0) is 13.8 Å². The van der Waals surface area contributed by atoms with E-state index in [4.69, 9.17) is 5.73 Å². The summed E-state index contributed by atoms with van der Waals surface area (Å²) in [6.07, 6.45) is 0.139. The van der Waals surface area contributed by atoms with Crippen LogP contribution in [0.25, 0.3) is 0 Å². The van der Waals surface area contributed by atoms with Crippen molar-refractivity contribution in [1.29, 1.82) is 0 Å². The van der Waals surface area contributed by atoms with Gasteiger partial charge in [0.05, 0.1) is 6.04 Å². The maximum Gasteiger partial charge on any atom is 0.220 e. The second-order valence-electron chi connectivity index (χ2n) is 3.74. The van der Waals surface area contributed by atoms with E-state index in [2.05, 4.69) is 5.32 Å². The number of hydrogen-bond donors (Lipinski definition) is 2. The van der Waals surface area contributed by atoms with Gasteiger partial charge in [-0.25, -0.2) is 0 Å². The van der Waals surface area contributed by atoms with E-state index in [0.717, 1.165) is 0 Å². The smallest absolute Gasteiger partial charge is 0.220 e. The monoisotopic (exact) mass is 230 g/mol. The Bertz CT molecular complexity index is 264. The summed E-state index contributed by atoms with van der Waals surface area (Å²) in [5.74, 6) is -0.746. The first-order valence-electron chi connectivity index (χ1n) is 4.87. The van der Waals surface area contributed by atoms with Crippen LogP contribution in [-0.4, -0.2) is 30.1 Å². The number of nitrogens with two attached hydrogens (primary N) is 1. The van der Waals surface area contributed by atoms with Crippen LogP contribution in [0.3, 0.4) is 0 Å². The molecule has 5 heteroatoms. The molecule has 0 aliphatic heterocycles. The zero-order valence-corrected chi connectivity index (χ0v) is 9.37. The molecule has 1 amide bonds. The summed E-state index contributed by atoms with van der Waals surface area (Å²) in [7, 11) is 0. The van der Waals surface area contributed by atoms with Gasteiger partial charge in [-0.2, -0.15) is 0 Å². The lowest BCUT2D eigenvalue weighted by atomic mass is 10.0. The van der Waals surface area contributed by atoms with Crippen molar-refractivity contribution in [2.75, 3.05) is 6.54 Å². The summed E-state index contributed by atoms with van der Waals surface area (Å²) >= 11 is 0. The molecule has 0 spiro atoms. The number of nitrogens with one attached hydrogen (secondary N) is 1. The zero-order chi connectivity index (χ0) is 12.0. The molecule has 3 N–H and O–H groups in total. The highest BCUT2D eigenvalue weighted by atomic mass is 16.2. The molecule has 0 aliphatic rings. The quantitative estimate of drug-likeness (QED) is 0.685. The fourth-order valence-corrected chi connectivity index (χ4v) is 0.862. The number of carbonyl (C=O) groups excluding carboxylic acids is 3. The summed E-state index contributed by atoms with van der Waals surface area (Å²) in [6, 6.07) is -0.665. The summed E-state index contributed by atoms with van der Waals surface area (Å²) < 4.78 is 0. The maximum absolute atomic E-state index is 11.3. The van der Waals surface area contributed by atoms with Crippen LogP contribution in [0.15, 0.2) is 0 Å². The summed E-state index contributed by atoms with van der Waals surface area (Å²) in [5.41, 5.74) is 5.42. The summed E-state index contributed by atoms with van der Waals surface area (Å²) in [6.45, 7) is 4.62. The van der Waals surface area contributed by atoms with E-state index in [9.17, 15) is 14.4 Å². The van der Waals surface area contributed by atoms with E-state index < -0.39 is 6.04 Å². The molecule has 0 radical (unpaired) electrons. The summed E-state index contributed by atoms with van der Waals surface area (Å²) in [4.78, 5) is 32.9. The third-order valence-electron chi connectivity index (χ3n) is 2.23. The molecule has 0 saturated carbocycles.